The quantitative estimate of drug-likeness (QED) is 0.0217. The van der Waals surface area contributed by atoms with Crippen molar-refractivity contribution in [3.63, 3.8) is 0 Å². The van der Waals surface area contributed by atoms with Crippen LogP contribution < -0.4 is 42.5 Å². The van der Waals surface area contributed by atoms with Crippen LogP contribution in [0.1, 0.15) is 303 Å². The van der Waals surface area contributed by atoms with Crippen molar-refractivity contribution in [2.24, 2.45) is 0 Å². The predicted octanol–water partition coefficient (Wildman–Crippen LogP) is 14.5. The Balaban J connectivity index is 0.000000160. The fraction of sp³-hybridized carbons (Fsp3) is 0.579. The summed E-state index contributed by atoms with van der Waals surface area (Å²) >= 11 is 4.69. The molecule has 8 aromatic rings. The van der Waals surface area contributed by atoms with Crippen molar-refractivity contribution in [3.8, 4) is 41.8 Å². The first-order valence-electron chi connectivity index (χ1n) is 46.6. The number of carbonyl (C=O) groups excluding carboxylic acids is 8. The number of rotatable bonds is 28. The maximum atomic E-state index is 14.0. The maximum absolute atomic E-state index is 14.0. The van der Waals surface area contributed by atoms with Crippen LogP contribution in [0.3, 0.4) is 0 Å². The van der Waals surface area contributed by atoms with E-state index in [2.05, 4.69) is 96.3 Å². The SMILES string of the molecule is CC[C@@H](CO)NC(=O)c1nc(C(=O)N2CCC[C@@H]2C)c(-c2cnc(NC(C)C)cc2C)s1.CC[C@H](CO)NC(=O)c1nc(C(=O)N2CCC[C@@H]2C)c(-c2cnc(NC(C)C)cc2C)s1.Cc1cc(NC(C)C)ncc1-c1sc(C(=O)N[C@@H]2CC[C@@H](O)C2)nc1C(=O)N1CC(F)(F)C[C@@H]1C.Cc1cc(NC(C)C)ncc1-c1sc(C(=O)N[C@H]2CC[C@H](O)C2)nc1C(=O)N1C2CCC1CC2. The third-order valence-corrected chi connectivity index (χ3v) is 29.3. The molecular weight excluding hydrogens is 1780 g/mol. The van der Waals surface area contributed by atoms with Gasteiger partial charge in [0, 0.05) is 133 Å². The monoisotopic (exact) mass is 1910 g/mol. The molecular formula is C95H130F2N20O12S4. The Labute approximate surface area is 792 Å². The summed E-state index contributed by atoms with van der Waals surface area (Å²) in [6.45, 7) is 33.9. The Kier molecular flexibility index (Phi) is 34.4. The number of amides is 8. The number of thiazole rings is 4. The van der Waals surface area contributed by atoms with E-state index in [0.29, 0.717) is 106 Å². The first kappa shape index (κ1) is 102. The number of hydrogen-bond donors (Lipinski definition) is 12. The molecule has 720 valence electrons. The predicted molar refractivity (Wildman–Crippen MR) is 517 cm³/mol. The first-order valence-corrected chi connectivity index (χ1v) is 49.9. The van der Waals surface area contributed by atoms with Crippen molar-refractivity contribution >= 4 is 116 Å². The van der Waals surface area contributed by atoms with Crippen molar-refractivity contribution in [2.45, 2.75) is 324 Å². The van der Waals surface area contributed by atoms with Crippen LogP contribution in [0.25, 0.3) is 41.8 Å². The number of carbonyl (C=O) groups is 8. The molecule has 13 heterocycles. The molecule has 5 saturated heterocycles. The second-order valence-electron chi connectivity index (χ2n) is 37.3. The van der Waals surface area contributed by atoms with Gasteiger partial charge in [0.15, 0.2) is 20.0 Å². The summed E-state index contributed by atoms with van der Waals surface area (Å²) in [7, 11) is 0. The van der Waals surface area contributed by atoms with Crippen molar-refractivity contribution < 1.29 is 67.6 Å². The first-order chi connectivity index (χ1) is 63.2. The molecule has 38 heteroatoms. The van der Waals surface area contributed by atoms with Gasteiger partial charge in [-0.25, -0.2) is 48.7 Å². The van der Waals surface area contributed by atoms with Crippen LogP contribution in [0.4, 0.5) is 32.1 Å². The molecule has 0 unspecified atom stereocenters. The van der Waals surface area contributed by atoms with Crippen molar-refractivity contribution in [1.29, 1.82) is 0 Å². The second kappa shape index (κ2) is 45.0. The Hall–Kier alpha value is -10.2. The summed E-state index contributed by atoms with van der Waals surface area (Å²) in [6, 6.07) is 7.90. The van der Waals surface area contributed by atoms with Crippen LogP contribution in [0, 0.1) is 27.7 Å². The van der Waals surface area contributed by atoms with E-state index >= 15 is 0 Å². The average Bonchev–Trinajstić information content (AvgIpc) is 1.62. The number of aryl methyl sites for hydroxylation is 4. The van der Waals surface area contributed by atoms with E-state index in [1.54, 1.807) is 31.7 Å². The molecule has 2 saturated carbocycles. The highest BCUT2D eigenvalue weighted by Gasteiger charge is 2.48. The van der Waals surface area contributed by atoms with E-state index in [0.717, 1.165) is 130 Å². The third-order valence-electron chi connectivity index (χ3n) is 24.9. The van der Waals surface area contributed by atoms with Crippen molar-refractivity contribution in [1.82, 2.24) is 80.7 Å². The van der Waals surface area contributed by atoms with Gasteiger partial charge in [-0.2, -0.15) is 0 Å². The number of fused-ring (bicyclic) bond motifs is 2. The summed E-state index contributed by atoms with van der Waals surface area (Å²) in [5.41, 5.74) is 7.64. The standard InChI is InChI=1S/C25H33N5O3S.C24H31F2N5O3S.2C23H33N5O3S/c1-13(2)27-20-10-14(3)19(12-26-20)22-21(25(33)30-16-5-6-17(30)8-7-16)29-24(34-22)23(32)28-15-4-9-18(31)11-15;1-12(2)28-18-7-13(3)17(10-27-18)20-19(23(34)31-11-24(25,26)9-14(31)4)30-22(35-20)21(33)29-15-5-6-16(32)8-15;2*1-6-16(12-29)26-21(30)22-27-19(23(31)28-9-7-8-15(28)5)20(32-22)17-11-24-18(10-14(17)4)25-13(2)3/h10,12-13,15-18,31H,4-9,11H2,1-3H3,(H,26,27)(H,28,32);7,10,12,14-16,32H,5-6,8-9,11H2,1-4H3,(H,27,28)(H,29,33);2*10-11,13,15-16,29H,6-9,12H2,1-5H3,(H,24,25)(H,26,30)/t15-,16?,17?,18-;14-,15+,16+;15-,16+;15-,16-/m0000/s1. The lowest BCUT2D eigenvalue weighted by atomic mass is 10.0. The molecule has 0 aromatic carbocycles. The van der Waals surface area contributed by atoms with Gasteiger partial charge in [0.1, 0.15) is 46.0 Å². The van der Waals surface area contributed by atoms with Crippen molar-refractivity contribution in [2.75, 3.05) is 54.1 Å². The Morgan fingerprint density at radius 3 is 0.977 bits per heavy atom. The number of likely N-dealkylation sites (tertiary alicyclic amines) is 3. The Bertz CT molecular complexity index is 5300. The lowest BCUT2D eigenvalue weighted by Crippen LogP contribution is -2.37. The maximum Gasteiger partial charge on any atom is 0.280 e. The van der Waals surface area contributed by atoms with E-state index in [1.807, 2.05) is 136 Å². The number of alkyl halides is 2. The smallest absolute Gasteiger partial charge is 0.280 e. The topological polar surface area (TPSA) is 430 Å². The number of aliphatic hydroxyl groups excluding tert-OH is 4. The summed E-state index contributed by atoms with van der Waals surface area (Å²) in [5, 5.41) is 63.8. The van der Waals surface area contributed by atoms with E-state index in [4.69, 9.17) is 0 Å². The normalized spacial score (nSPS) is 21.0. The zero-order chi connectivity index (χ0) is 96.3. The number of aliphatic hydroxyl groups is 4. The molecule has 15 rings (SSSR count). The molecule has 2 aliphatic carbocycles. The van der Waals surface area contributed by atoms with Crippen LogP contribution in [0.15, 0.2) is 49.1 Å². The number of aromatic nitrogens is 8. The molecule has 0 radical (unpaired) electrons. The Morgan fingerprint density at radius 1 is 0.429 bits per heavy atom. The molecule has 12 N–H and O–H groups in total. The molecule has 8 aromatic heterocycles. The van der Waals surface area contributed by atoms with Gasteiger partial charge in [-0.05, 0) is 253 Å². The zero-order valence-corrected chi connectivity index (χ0v) is 82.4. The van der Waals surface area contributed by atoms with Crippen molar-refractivity contribution in [3.05, 3.63) is 114 Å². The van der Waals surface area contributed by atoms with Gasteiger partial charge in [-0.3, -0.25) is 38.4 Å². The molecule has 5 aliphatic heterocycles. The van der Waals surface area contributed by atoms with Gasteiger partial charge in [0.05, 0.1) is 63.6 Å². The van der Waals surface area contributed by atoms with Gasteiger partial charge < -0.3 is 82.6 Å². The lowest BCUT2D eigenvalue weighted by molar-refractivity contribution is 0.0117. The van der Waals surface area contributed by atoms with Crippen LogP contribution in [0.2, 0.25) is 0 Å². The highest BCUT2D eigenvalue weighted by Crippen LogP contribution is 2.44. The lowest BCUT2D eigenvalue weighted by Gasteiger charge is -2.21. The molecule has 8 amide bonds. The number of pyridine rings is 4. The molecule has 32 nitrogen and oxygen atoms in total. The summed E-state index contributed by atoms with van der Waals surface area (Å²) in [5.74, 6) is -2.48. The fourth-order valence-electron chi connectivity index (χ4n) is 17.9. The molecule has 9 atom stereocenters. The molecule has 2 bridgehead atoms. The highest BCUT2D eigenvalue weighted by molar-refractivity contribution is 7.18. The summed E-state index contributed by atoms with van der Waals surface area (Å²) < 4.78 is 28.1. The van der Waals surface area contributed by atoms with Gasteiger partial charge in [0.2, 0.25) is 0 Å². The zero-order valence-electron chi connectivity index (χ0n) is 79.1. The largest absolute Gasteiger partial charge is 0.394 e. The van der Waals surface area contributed by atoms with E-state index < -0.39 is 42.8 Å². The number of hydrogen-bond acceptors (Lipinski definition) is 28. The molecule has 0 spiro atoms. The van der Waals surface area contributed by atoms with Gasteiger partial charge in [-0.15, -0.1) is 45.3 Å². The fourth-order valence-corrected chi connectivity index (χ4v) is 22.0. The summed E-state index contributed by atoms with van der Waals surface area (Å²) in [6.07, 6.45) is 18.6. The number of anilines is 4. The van der Waals surface area contributed by atoms with Gasteiger partial charge in [0.25, 0.3) is 53.2 Å². The van der Waals surface area contributed by atoms with Crippen LogP contribution >= 0.6 is 45.3 Å². The number of nitrogens with one attached hydrogen (secondary N) is 8. The second-order valence-corrected chi connectivity index (χ2v) is 41.3. The van der Waals surface area contributed by atoms with Crippen LogP contribution in [-0.2, 0) is 0 Å². The average molecular weight is 1910 g/mol. The number of halogens is 2. The minimum absolute atomic E-state index is 0.0226. The molecule has 7 fully saturated rings. The number of nitrogens with zero attached hydrogens (tertiary/aromatic N) is 12. The molecule has 7 aliphatic rings. The third kappa shape index (κ3) is 25.1. The highest BCUT2D eigenvalue weighted by atomic mass is 32.1. The van der Waals surface area contributed by atoms with E-state index in [1.165, 1.54) is 34.0 Å². The minimum atomic E-state index is -2.96. The van der Waals surface area contributed by atoms with E-state index in [-0.39, 0.29) is 153 Å². The van der Waals surface area contributed by atoms with Crippen LogP contribution in [0.5, 0.6) is 0 Å². The van der Waals surface area contributed by atoms with E-state index in [9.17, 15) is 67.6 Å². The van der Waals surface area contributed by atoms with Crippen LogP contribution in [-0.4, -0.2) is 257 Å². The molecule has 133 heavy (non-hydrogen) atoms. The van der Waals surface area contributed by atoms with Gasteiger partial charge >= 0.3 is 0 Å². The Morgan fingerprint density at radius 2 is 0.729 bits per heavy atom. The van der Waals surface area contributed by atoms with Gasteiger partial charge in [-0.1, -0.05) is 13.8 Å². The minimum Gasteiger partial charge on any atom is -0.394 e. The summed E-state index contributed by atoms with van der Waals surface area (Å²) in [4.78, 5) is 151.